The minimum absolute atomic E-state index is 0.237. The summed E-state index contributed by atoms with van der Waals surface area (Å²) in [6.07, 6.45) is 0. The number of hydrogen-bond donors (Lipinski definition) is 2. The van der Waals surface area contributed by atoms with Crippen molar-refractivity contribution in [3.63, 3.8) is 0 Å². The molecule has 0 spiro atoms. The van der Waals surface area contributed by atoms with Gasteiger partial charge in [-0.2, -0.15) is 0 Å². The Morgan fingerprint density at radius 1 is 0.964 bits per heavy atom. The van der Waals surface area contributed by atoms with Crippen LogP contribution >= 0.6 is 0 Å². The molecule has 0 fully saturated rings. The lowest BCUT2D eigenvalue weighted by Crippen LogP contribution is -2.23. The average Bonchev–Trinajstić information content (AvgIpc) is 3.17. The summed E-state index contributed by atoms with van der Waals surface area (Å²) in [6, 6.07) is 21.1. The molecule has 0 saturated heterocycles. The molecular formula is C22H18FN3O2. The van der Waals surface area contributed by atoms with Crippen LogP contribution in [0.1, 0.15) is 21.6 Å². The minimum Gasteiger partial charge on any atom is -0.347 e. The highest BCUT2D eigenvalue weighted by Gasteiger charge is 2.13. The normalized spacial score (nSPS) is 10.9. The summed E-state index contributed by atoms with van der Waals surface area (Å²) in [7, 11) is 0. The van der Waals surface area contributed by atoms with E-state index in [0.29, 0.717) is 29.1 Å². The van der Waals surface area contributed by atoms with Crippen molar-refractivity contribution in [2.45, 2.75) is 13.2 Å². The Labute approximate surface area is 160 Å². The van der Waals surface area contributed by atoms with Crippen LogP contribution in [0.2, 0.25) is 0 Å². The molecule has 0 aliphatic carbocycles. The van der Waals surface area contributed by atoms with E-state index < -0.39 is 6.67 Å². The molecule has 0 aliphatic rings. The fourth-order valence-corrected chi connectivity index (χ4v) is 3.10. The first-order chi connectivity index (χ1) is 13.7. The van der Waals surface area contributed by atoms with E-state index in [4.69, 9.17) is 0 Å². The number of pyridine rings is 1. The lowest BCUT2D eigenvalue weighted by Gasteiger charge is -2.08. The second-order valence-electron chi connectivity index (χ2n) is 6.46. The molecule has 0 unspecified atom stereocenters. The van der Waals surface area contributed by atoms with Gasteiger partial charge in [0.1, 0.15) is 18.0 Å². The summed E-state index contributed by atoms with van der Waals surface area (Å²) >= 11 is 0. The molecule has 2 heterocycles. The molecule has 2 N–H and O–H groups in total. The molecule has 0 bridgehead atoms. The number of halogens is 1. The number of benzene rings is 2. The zero-order valence-electron chi connectivity index (χ0n) is 15.0. The second kappa shape index (κ2) is 7.52. The second-order valence-corrected chi connectivity index (χ2v) is 6.46. The molecule has 6 heteroatoms. The van der Waals surface area contributed by atoms with Crippen LogP contribution < -0.4 is 10.9 Å². The quantitative estimate of drug-likeness (QED) is 0.558. The Hall–Kier alpha value is -3.67. The molecule has 0 aliphatic heterocycles. The number of carbonyl (C=O) groups excluding carboxylic acids is 1. The predicted molar refractivity (Wildman–Crippen MR) is 106 cm³/mol. The van der Waals surface area contributed by atoms with Gasteiger partial charge in [0, 0.05) is 18.0 Å². The molecule has 2 aromatic heterocycles. The van der Waals surface area contributed by atoms with Crippen LogP contribution in [0.5, 0.6) is 0 Å². The van der Waals surface area contributed by atoms with Gasteiger partial charge in [-0.15, -0.1) is 0 Å². The van der Waals surface area contributed by atoms with E-state index in [9.17, 15) is 14.0 Å². The summed E-state index contributed by atoms with van der Waals surface area (Å²) < 4.78 is 14.2. The highest BCUT2D eigenvalue weighted by Crippen LogP contribution is 2.18. The van der Waals surface area contributed by atoms with Crippen molar-refractivity contribution in [3.8, 4) is 5.69 Å². The number of amides is 1. The number of hydrogen-bond acceptors (Lipinski definition) is 2. The first kappa shape index (κ1) is 17.7. The van der Waals surface area contributed by atoms with Gasteiger partial charge in [-0.3, -0.25) is 14.2 Å². The number of nitrogens with zero attached hydrogens (tertiary/aromatic N) is 1. The number of fused-ring (bicyclic) bond motifs is 1. The molecule has 140 valence electrons. The SMILES string of the molecule is O=C(NCc1ccccc1)c1cc2ccc(=O)n(-c3ccc(CF)cc3)c2[nH]1. The van der Waals surface area contributed by atoms with Crippen LogP contribution in [-0.2, 0) is 13.2 Å². The smallest absolute Gasteiger partial charge is 0.268 e. The Kier molecular flexibility index (Phi) is 4.76. The maximum absolute atomic E-state index is 12.8. The van der Waals surface area contributed by atoms with Crippen LogP contribution in [-0.4, -0.2) is 15.5 Å². The average molecular weight is 375 g/mol. The highest BCUT2D eigenvalue weighted by molar-refractivity contribution is 5.97. The van der Waals surface area contributed by atoms with Crippen molar-refractivity contribution < 1.29 is 9.18 Å². The number of carbonyl (C=O) groups is 1. The van der Waals surface area contributed by atoms with Gasteiger partial charge in [0.2, 0.25) is 0 Å². The van der Waals surface area contributed by atoms with E-state index in [0.717, 1.165) is 10.9 Å². The third kappa shape index (κ3) is 3.44. The van der Waals surface area contributed by atoms with Gasteiger partial charge in [0.25, 0.3) is 11.5 Å². The maximum atomic E-state index is 12.8. The van der Waals surface area contributed by atoms with Gasteiger partial charge in [-0.05, 0) is 35.4 Å². The van der Waals surface area contributed by atoms with Crippen LogP contribution in [0.4, 0.5) is 4.39 Å². The predicted octanol–water partition coefficient (Wildman–Crippen LogP) is 3.72. The molecule has 4 rings (SSSR count). The molecule has 5 nitrogen and oxygen atoms in total. The number of aromatic nitrogens is 2. The standard InChI is InChI=1S/C22H18FN3O2/c23-13-15-6-9-18(10-7-15)26-20(27)11-8-17-12-19(25-21(17)26)22(28)24-14-16-4-2-1-3-5-16/h1-12,25H,13-14H2,(H,24,28). The van der Waals surface area contributed by atoms with Gasteiger partial charge in [0.15, 0.2) is 0 Å². The van der Waals surface area contributed by atoms with Crippen molar-refractivity contribution in [2.75, 3.05) is 0 Å². The van der Waals surface area contributed by atoms with Crippen LogP contribution in [0.3, 0.4) is 0 Å². The first-order valence-electron chi connectivity index (χ1n) is 8.88. The summed E-state index contributed by atoms with van der Waals surface area (Å²) in [6.45, 7) is -0.153. The monoisotopic (exact) mass is 375 g/mol. The Morgan fingerprint density at radius 2 is 1.71 bits per heavy atom. The molecule has 0 atom stereocenters. The fraction of sp³-hybridized carbons (Fsp3) is 0.0909. The van der Waals surface area contributed by atoms with Crippen molar-refractivity contribution in [1.82, 2.24) is 14.9 Å². The van der Waals surface area contributed by atoms with E-state index in [1.165, 1.54) is 10.6 Å². The van der Waals surface area contributed by atoms with E-state index in [-0.39, 0.29) is 11.5 Å². The Balaban J connectivity index is 1.66. The largest absolute Gasteiger partial charge is 0.347 e. The van der Waals surface area contributed by atoms with Gasteiger partial charge in [-0.25, -0.2) is 4.39 Å². The number of rotatable bonds is 5. The van der Waals surface area contributed by atoms with Gasteiger partial charge < -0.3 is 10.3 Å². The lowest BCUT2D eigenvalue weighted by atomic mass is 10.2. The van der Waals surface area contributed by atoms with Gasteiger partial charge in [0.05, 0.1) is 5.69 Å². The van der Waals surface area contributed by atoms with E-state index in [1.807, 2.05) is 30.3 Å². The van der Waals surface area contributed by atoms with Crippen LogP contribution in [0.15, 0.2) is 77.6 Å². The van der Waals surface area contributed by atoms with Crippen molar-refractivity contribution in [3.05, 3.63) is 100.0 Å². The maximum Gasteiger partial charge on any atom is 0.268 e. The topological polar surface area (TPSA) is 66.9 Å². The first-order valence-corrected chi connectivity index (χ1v) is 8.88. The van der Waals surface area contributed by atoms with Crippen molar-refractivity contribution in [2.24, 2.45) is 0 Å². The minimum atomic E-state index is -0.562. The lowest BCUT2D eigenvalue weighted by molar-refractivity contribution is 0.0946. The summed E-state index contributed by atoms with van der Waals surface area (Å²) in [5.74, 6) is -0.258. The molecule has 1 amide bonds. The Bertz CT molecular complexity index is 1180. The molecule has 0 radical (unpaired) electrons. The molecule has 28 heavy (non-hydrogen) atoms. The molecule has 4 aromatic rings. The highest BCUT2D eigenvalue weighted by atomic mass is 19.1. The summed E-state index contributed by atoms with van der Waals surface area (Å²) in [5.41, 5.74) is 2.79. The zero-order chi connectivity index (χ0) is 19.5. The van der Waals surface area contributed by atoms with Crippen molar-refractivity contribution >= 4 is 16.9 Å². The van der Waals surface area contributed by atoms with Crippen LogP contribution in [0, 0.1) is 0 Å². The fourth-order valence-electron chi connectivity index (χ4n) is 3.10. The van der Waals surface area contributed by atoms with Gasteiger partial charge >= 0.3 is 0 Å². The van der Waals surface area contributed by atoms with Gasteiger partial charge in [-0.1, -0.05) is 42.5 Å². The van der Waals surface area contributed by atoms with E-state index in [2.05, 4.69) is 10.3 Å². The zero-order valence-corrected chi connectivity index (χ0v) is 15.0. The van der Waals surface area contributed by atoms with E-state index >= 15 is 0 Å². The third-order valence-corrected chi connectivity index (χ3v) is 4.57. The van der Waals surface area contributed by atoms with Crippen LogP contribution in [0.25, 0.3) is 16.7 Å². The molecule has 0 saturated carbocycles. The molecule has 2 aromatic carbocycles. The third-order valence-electron chi connectivity index (χ3n) is 4.57. The Morgan fingerprint density at radius 3 is 2.43 bits per heavy atom. The number of H-pyrrole nitrogens is 1. The summed E-state index contributed by atoms with van der Waals surface area (Å²) in [4.78, 5) is 28.0. The molecular weight excluding hydrogens is 357 g/mol. The number of nitrogens with one attached hydrogen (secondary N) is 2. The van der Waals surface area contributed by atoms with Crippen molar-refractivity contribution in [1.29, 1.82) is 0 Å². The van der Waals surface area contributed by atoms with E-state index in [1.54, 1.807) is 36.4 Å². The number of aromatic amines is 1. The number of alkyl halides is 1. The summed E-state index contributed by atoms with van der Waals surface area (Å²) in [5, 5.41) is 3.60.